The fourth-order valence-electron chi connectivity index (χ4n) is 2.77. The van der Waals surface area contributed by atoms with Crippen LogP contribution in [0.5, 0.6) is 0 Å². The maximum Gasteiger partial charge on any atom is 0.274 e. The van der Waals surface area contributed by atoms with E-state index < -0.39 is 0 Å². The first-order chi connectivity index (χ1) is 12.7. The lowest BCUT2D eigenvalue weighted by atomic mass is 10.2. The van der Waals surface area contributed by atoms with Crippen LogP contribution < -0.4 is 15.5 Å². The SMILES string of the molecule is C=CCNc1nc(C)cc(C(=O)Nc2ccccc2N2CCOCC2)n1. The number of ether oxygens (including phenoxy) is 1. The van der Waals surface area contributed by atoms with Gasteiger partial charge in [0.2, 0.25) is 5.95 Å². The summed E-state index contributed by atoms with van der Waals surface area (Å²) < 4.78 is 5.41. The molecule has 7 heteroatoms. The van der Waals surface area contributed by atoms with E-state index >= 15 is 0 Å². The number of para-hydroxylation sites is 2. The van der Waals surface area contributed by atoms with Gasteiger partial charge in [-0.05, 0) is 25.1 Å². The molecule has 2 aromatic rings. The predicted octanol–water partition coefficient (Wildman–Crippen LogP) is 2.47. The normalized spacial score (nSPS) is 14.0. The minimum atomic E-state index is -0.266. The lowest BCUT2D eigenvalue weighted by molar-refractivity contribution is 0.102. The van der Waals surface area contributed by atoms with Crippen LogP contribution in [0.4, 0.5) is 17.3 Å². The van der Waals surface area contributed by atoms with Gasteiger partial charge in [-0.1, -0.05) is 18.2 Å². The predicted molar refractivity (Wildman–Crippen MR) is 103 cm³/mol. The summed E-state index contributed by atoms with van der Waals surface area (Å²) in [5, 5.41) is 5.99. The Morgan fingerprint density at radius 1 is 1.31 bits per heavy atom. The van der Waals surface area contributed by atoms with Crippen molar-refractivity contribution in [1.82, 2.24) is 9.97 Å². The molecular formula is C19H23N5O2. The number of hydrogen-bond donors (Lipinski definition) is 2. The summed E-state index contributed by atoms with van der Waals surface area (Å²) in [6, 6.07) is 9.44. The van der Waals surface area contributed by atoms with Gasteiger partial charge >= 0.3 is 0 Å². The molecule has 26 heavy (non-hydrogen) atoms. The highest BCUT2D eigenvalue weighted by Crippen LogP contribution is 2.26. The van der Waals surface area contributed by atoms with E-state index in [2.05, 4.69) is 32.1 Å². The highest BCUT2D eigenvalue weighted by molar-refractivity contribution is 6.04. The van der Waals surface area contributed by atoms with Gasteiger partial charge in [0.25, 0.3) is 5.91 Å². The Kier molecular flexibility index (Phi) is 5.80. The molecule has 136 valence electrons. The van der Waals surface area contributed by atoms with Crippen molar-refractivity contribution in [3.05, 3.63) is 54.4 Å². The van der Waals surface area contributed by atoms with Crippen molar-refractivity contribution in [2.45, 2.75) is 6.92 Å². The zero-order valence-corrected chi connectivity index (χ0v) is 14.9. The first-order valence-electron chi connectivity index (χ1n) is 8.61. The van der Waals surface area contributed by atoms with Gasteiger partial charge in [0.05, 0.1) is 24.6 Å². The van der Waals surface area contributed by atoms with Gasteiger partial charge in [-0.3, -0.25) is 4.79 Å². The summed E-state index contributed by atoms with van der Waals surface area (Å²) in [4.78, 5) is 23.5. The lowest BCUT2D eigenvalue weighted by Crippen LogP contribution is -2.36. The Morgan fingerprint density at radius 2 is 2.08 bits per heavy atom. The van der Waals surface area contributed by atoms with Gasteiger partial charge in [-0.15, -0.1) is 6.58 Å². The number of benzene rings is 1. The molecule has 1 amide bonds. The van der Waals surface area contributed by atoms with E-state index in [1.807, 2.05) is 31.2 Å². The number of aromatic nitrogens is 2. The van der Waals surface area contributed by atoms with Gasteiger partial charge in [0.1, 0.15) is 5.69 Å². The average Bonchev–Trinajstić information content (AvgIpc) is 2.67. The summed E-state index contributed by atoms with van der Waals surface area (Å²) in [5.41, 5.74) is 2.79. The van der Waals surface area contributed by atoms with Gasteiger partial charge in [-0.25, -0.2) is 9.97 Å². The molecule has 0 radical (unpaired) electrons. The molecule has 0 atom stereocenters. The molecule has 0 saturated carbocycles. The molecule has 1 aromatic heterocycles. The molecule has 0 bridgehead atoms. The smallest absolute Gasteiger partial charge is 0.274 e. The highest BCUT2D eigenvalue weighted by Gasteiger charge is 2.17. The Morgan fingerprint density at radius 3 is 2.85 bits per heavy atom. The number of anilines is 3. The number of nitrogens with zero attached hydrogens (tertiary/aromatic N) is 3. The molecule has 1 fully saturated rings. The van der Waals surface area contributed by atoms with Crippen molar-refractivity contribution < 1.29 is 9.53 Å². The fraction of sp³-hybridized carbons (Fsp3) is 0.316. The number of carbonyl (C=O) groups is 1. The van der Waals surface area contributed by atoms with E-state index in [1.165, 1.54) is 0 Å². The van der Waals surface area contributed by atoms with Crippen molar-refractivity contribution in [2.24, 2.45) is 0 Å². The monoisotopic (exact) mass is 353 g/mol. The maximum atomic E-state index is 12.7. The van der Waals surface area contributed by atoms with Gasteiger partial charge in [-0.2, -0.15) is 0 Å². The van der Waals surface area contributed by atoms with E-state index in [-0.39, 0.29) is 5.91 Å². The number of amides is 1. The number of carbonyl (C=O) groups excluding carboxylic acids is 1. The van der Waals surface area contributed by atoms with Crippen LogP contribution in [0.3, 0.4) is 0 Å². The molecule has 1 aliphatic heterocycles. The summed E-state index contributed by atoms with van der Waals surface area (Å²) in [6.45, 7) is 8.99. The van der Waals surface area contributed by atoms with E-state index in [9.17, 15) is 4.79 Å². The van der Waals surface area contributed by atoms with Crippen LogP contribution in [0, 0.1) is 6.92 Å². The zero-order chi connectivity index (χ0) is 18.4. The van der Waals surface area contributed by atoms with E-state index in [4.69, 9.17) is 4.74 Å². The van der Waals surface area contributed by atoms with Crippen molar-refractivity contribution in [2.75, 3.05) is 48.4 Å². The van der Waals surface area contributed by atoms with Gasteiger partial charge in [0.15, 0.2) is 0 Å². The van der Waals surface area contributed by atoms with Crippen molar-refractivity contribution >= 4 is 23.2 Å². The topological polar surface area (TPSA) is 79.4 Å². The summed E-state index contributed by atoms with van der Waals surface area (Å²) in [7, 11) is 0. The third kappa shape index (κ3) is 4.37. The van der Waals surface area contributed by atoms with E-state index in [1.54, 1.807) is 12.1 Å². The standard InChI is InChI=1S/C19H23N5O2/c1-3-8-20-19-21-14(2)13-16(23-19)18(25)22-15-6-4-5-7-17(15)24-9-11-26-12-10-24/h3-7,13H,1,8-12H2,2H3,(H,22,25)(H,20,21,23). The Bertz CT molecular complexity index is 787. The van der Waals surface area contributed by atoms with Gasteiger partial charge < -0.3 is 20.3 Å². The second-order valence-electron chi connectivity index (χ2n) is 5.96. The average molecular weight is 353 g/mol. The molecule has 0 spiro atoms. The van der Waals surface area contributed by atoms with Crippen LogP contribution in [0.1, 0.15) is 16.2 Å². The fourth-order valence-corrected chi connectivity index (χ4v) is 2.77. The number of hydrogen-bond acceptors (Lipinski definition) is 6. The summed E-state index contributed by atoms with van der Waals surface area (Å²) >= 11 is 0. The maximum absolute atomic E-state index is 12.7. The van der Waals surface area contributed by atoms with Crippen LogP contribution in [-0.4, -0.2) is 48.7 Å². The molecular weight excluding hydrogens is 330 g/mol. The third-order valence-electron chi connectivity index (χ3n) is 4.00. The number of rotatable bonds is 6. The zero-order valence-electron chi connectivity index (χ0n) is 14.9. The van der Waals surface area contributed by atoms with Crippen LogP contribution in [0.15, 0.2) is 43.0 Å². The van der Waals surface area contributed by atoms with Crippen LogP contribution in [-0.2, 0) is 4.74 Å². The quantitative estimate of drug-likeness (QED) is 0.777. The molecule has 0 aliphatic carbocycles. The van der Waals surface area contributed by atoms with Crippen LogP contribution in [0.25, 0.3) is 0 Å². The second kappa shape index (κ2) is 8.44. The lowest BCUT2D eigenvalue weighted by Gasteiger charge is -2.30. The van der Waals surface area contributed by atoms with Crippen molar-refractivity contribution in [3.8, 4) is 0 Å². The minimum absolute atomic E-state index is 0.266. The first-order valence-corrected chi connectivity index (χ1v) is 8.61. The minimum Gasteiger partial charge on any atom is -0.378 e. The van der Waals surface area contributed by atoms with Crippen molar-refractivity contribution in [1.29, 1.82) is 0 Å². The molecule has 2 heterocycles. The number of nitrogens with one attached hydrogen (secondary N) is 2. The van der Waals surface area contributed by atoms with Crippen molar-refractivity contribution in [3.63, 3.8) is 0 Å². The molecule has 2 N–H and O–H groups in total. The van der Waals surface area contributed by atoms with E-state index in [0.717, 1.165) is 30.2 Å². The molecule has 3 rings (SSSR count). The van der Waals surface area contributed by atoms with Crippen LogP contribution >= 0.6 is 0 Å². The first kappa shape index (κ1) is 17.9. The third-order valence-corrected chi connectivity index (χ3v) is 4.00. The summed E-state index contributed by atoms with van der Waals surface area (Å²) in [6.07, 6.45) is 1.71. The summed E-state index contributed by atoms with van der Waals surface area (Å²) in [5.74, 6) is 0.148. The van der Waals surface area contributed by atoms with Crippen LogP contribution in [0.2, 0.25) is 0 Å². The van der Waals surface area contributed by atoms with E-state index in [0.29, 0.717) is 31.4 Å². The Balaban J connectivity index is 1.80. The molecule has 1 aromatic carbocycles. The number of morpholine rings is 1. The molecule has 0 unspecified atom stereocenters. The second-order valence-corrected chi connectivity index (χ2v) is 5.96. The molecule has 1 saturated heterocycles. The van der Waals surface area contributed by atoms with Gasteiger partial charge in [0, 0.05) is 25.3 Å². The Hall–Kier alpha value is -2.93. The highest BCUT2D eigenvalue weighted by atomic mass is 16.5. The molecule has 1 aliphatic rings. The largest absolute Gasteiger partial charge is 0.378 e. The Labute approximate surface area is 153 Å². The number of aryl methyl sites for hydroxylation is 1. The molecule has 7 nitrogen and oxygen atoms in total.